The first-order valence-electron chi connectivity index (χ1n) is 9.58. The molecule has 1 saturated heterocycles. The predicted molar refractivity (Wildman–Crippen MR) is 119 cm³/mol. The molecule has 1 aliphatic heterocycles. The summed E-state index contributed by atoms with van der Waals surface area (Å²) in [5, 5.41) is 14.4. The van der Waals surface area contributed by atoms with Crippen molar-refractivity contribution in [3.63, 3.8) is 0 Å². The van der Waals surface area contributed by atoms with Gasteiger partial charge in [-0.15, -0.1) is 0 Å². The number of hydrogen-bond acceptors (Lipinski definition) is 5. The maximum atomic E-state index is 12.6. The number of rotatable bonds is 6. The van der Waals surface area contributed by atoms with Gasteiger partial charge in [-0.25, -0.2) is 19.5 Å². The maximum Gasteiger partial charge on any atom is 0.335 e. The van der Waals surface area contributed by atoms with Crippen LogP contribution in [0.3, 0.4) is 0 Å². The van der Waals surface area contributed by atoms with Gasteiger partial charge in [0.2, 0.25) is 5.91 Å². The Labute approximate surface area is 192 Å². The molecule has 11 heteroatoms. The first-order chi connectivity index (χ1) is 15.8. The molecule has 0 radical (unpaired) electrons. The normalized spacial score (nSPS) is 14.5. The fourth-order valence-electron chi connectivity index (χ4n) is 3.11. The van der Waals surface area contributed by atoms with Crippen LogP contribution < -0.4 is 10.6 Å². The smallest absolute Gasteiger partial charge is 0.335 e. The van der Waals surface area contributed by atoms with E-state index in [1.807, 2.05) is 0 Å². The Balaban J connectivity index is 1.47. The van der Waals surface area contributed by atoms with Gasteiger partial charge < -0.3 is 20.3 Å². The first kappa shape index (κ1) is 21.8. The number of benzene rings is 2. The number of urea groups is 1. The van der Waals surface area contributed by atoms with Crippen LogP contribution in [0.2, 0.25) is 5.02 Å². The number of carboxylic acids is 1. The monoisotopic (exact) mass is 465 g/mol. The molecule has 2 heterocycles. The van der Waals surface area contributed by atoms with Crippen LogP contribution >= 0.6 is 11.6 Å². The number of para-hydroxylation sites is 1. The minimum atomic E-state index is -1.06. The van der Waals surface area contributed by atoms with E-state index in [0.29, 0.717) is 22.1 Å². The topological polar surface area (TPSA) is 134 Å². The number of imidazole rings is 1. The Kier molecular flexibility index (Phi) is 5.92. The van der Waals surface area contributed by atoms with Gasteiger partial charge in [-0.1, -0.05) is 29.8 Å². The predicted octanol–water partition coefficient (Wildman–Crippen LogP) is 2.76. The Bertz CT molecular complexity index is 1320. The SMILES string of the molecule is O=C(CN1C(=O)N/C(=C\c2cn(-c3cccc(C(=O)O)c3)cn2)C1=O)Nc1ccccc1Cl. The second-order valence-corrected chi connectivity index (χ2v) is 7.38. The minimum Gasteiger partial charge on any atom is -0.478 e. The van der Waals surface area contributed by atoms with Crippen LogP contribution in [-0.2, 0) is 9.59 Å². The summed E-state index contributed by atoms with van der Waals surface area (Å²) in [6.45, 7) is -0.496. The lowest BCUT2D eigenvalue weighted by molar-refractivity contribution is -0.127. The van der Waals surface area contributed by atoms with Crippen LogP contribution in [0.25, 0.3) is 11.8 Å². The zero-order chi connectivity index (χ0) is 23.5. The van der Waals surface area contributed by atoms with Gasteiger partial charge >= 0.3 is 12.0 Å². The summed E-state index contributed by atoms with van der Waals surface area (Å²) in [5.41, 5.74) is 1.35. The molecular formula is C22H16ClN5O5. The van der Waals surface area contributed by atoms with E-state index in [0.717, 1.165) is 4.90 Å². The number of halogens is 1. The number of carbonyl (C=O) groups excluding carboxylic acids is 3. The highest BCUT2D eigenvalue weighted by molar-refractivity contribution is 6.33. The average Bonchev–Trinajstić information content (AvgIpc) is 3.36. The van der Waals surface area contributed by atoms with Crippen LogP contribution in [0, 0.1) is 0 Å². The van der Waals surface area contributed by atoms with Crippen molar-refractivity contribution in [1.82, 2.24) is 19.8 Å². The Morgan fingerprint density at radius 2 is 1.94 bits per heavy atom. The van der Waals surface area contributed by atoms with Gasteiger partial charge in [0.05, 0.1) is 28.3 Å². The minimum absolute atomic E-state index is 0.0462. The third-order valence-electron chi connectivity index (χ3n) is 4.70. The van der Waals surface area contributed by atoms with Crippen molar-refractivity contribution in [2.75, 3.05) is 11.9 Å². The summed E-state index contributed by atoms with van der Waals surface area (Å²) in [7, 11) is 0. The molecule has 3 aromatic rings. The fraction of sp³-hybridized carbons (Fsp3) is 0.0455. The number of imide groups is 1. The van der Waals surface area contributed by atoms with E-state index in [1.165, 1.54) is 24.5 Å². The zero-order valence-corrected chi connectivity index (χ0v) is 17.6. The average molecular weight is 466 g/mol. The number of anilines is 1. The number of hydrogen-bond donors (Lipinski definition) is 3. The molecular weight excluding hydrogens is 450 g/mol. The van der Waals surface area contributed by atoms with Crippen molar-refractivity contribution in [2.45, 2.75) is 0 Å². The molecule has 0 unspecified atom stereocenters. The van der Waals surface area contributed by atoms with Gasteiger partial charge in [0.15, 0.2) is 0 Å². The lowest BCUT2D eigenvalue weighted by atomic mass is 10.2. The standard InChI is InChI=1S/C22H16ClN5O5/c23-16-6-1-2-7-17(16)25-19(29)11-28-20(30)18(26-22(28)33)9-14-10-27(12-24-14)15-5-3-4-13(8-15)21(31)32/h1-10,12H,11H2,(H,25,29)(H,26,33)(H,31,32)/b18-9-. The first-order valence-corrected chi connectivity index (χ1v) is 9.96. The van der Waals surface area contributed by atoms with Crippen LogP contribution in [-0.4, -0.2) is 49.9 Å². The third kappa shape index (κ3) is 4.75. The van der Waals surface area contributed by atoms with Gasteiger partial charge in [0.25, 0.3) is 5.91 Å². The highest BCUT2D eigenvalue weighted by Gasteiger charge is 2.35. The van der Waals surface area contributed by atoms with Crippen molar-refractivity contribution >= 4 is 47.2 Å². The molecule has 0 bridgehead atoms. The molecule has 0 aliphatic carbocycles. The number of aromatic nitrogens is 2. The van der Waals surface area contributed by atoms with Crippen molar-refractivity contribution < 1.29 is 24.3 Å². The molecule has 1 aliphatic rings. The molecule has 4 amide bonds. The molecule has 10 nitrogen and oxygen atoms in total. The summed E-state index contributed by atoms with van der Waals surface area (Å²) in [6, 6.07) is 12.1. The van der Waals surface area contributed by atoms with Crippen LogP contribution in [0.1, 0.15) is 16.1 Å². The Morgan fingerprint density at radius 3 is 2.70 bits per heavy atom. The van der Waals surface area contributed by atoms with Crippen LogP contribution in [0.5, 0.6) is 0 Å². The Morgan fingerprint density at radius 1 is 1.15 bits per heavy atom. The zero-order valence-electron chi connectivity index (χ0n) is 16.9. The number of carbonyl (C=O) groups is 4. The molecule has 2 aromatic carbocycles. The molecule has 0 spiro atoms. The van der Waals surface area contributed by atoms with E-state index < -0.39 is 30.4 Å². The van der Waals surface area contributed by atoms with Crippen molar-refractivity contribution in [1.29, 1.82) is 0 Å². The Hall–Kier alpha value is -4.44. The number of carboxylic acid groups (broad SMARTS) is 1. The maximum absolute atomic E-state index is 12.6. The van der Waals surface area contributed by atoms with E-state index >= 15 is 0 Å². The van der Waals surface area contributed by atoms with E-state index in [-0.39, 0.29) is 11.3 Å². The summed E-state index contributed by atoms with van der Waals surface area (Å²) >= 11 is 6.00. The van der Waals surface area contributed by atoms with Crippen molar-refractivity contribution in [3.8, 4) is 5.69 Å². The summed E-state index contributed by atoms with van der Waals surface area (Å²) in [4.78, 5) is 53.3. The fourth-order valence-corrected chi connectivity index (χ4v) is 3.30. The van der Waals surface area contributed by atoms with E-state index in [1.54, 1.807) is 47.2 Å². The quantitative estimate of drug-likeness (QED) is 0.378. The summed E-state index contributed by atoms with van der Waals surface area (Å²) < 4.78 is 1.58. The molecule has 4 rings (SSSR count). The second kappa shape index (κ2) is 8.97. The summed E-state index contributed by atoms with van der Waals surface area (Å²) in [5.74, 6) is -2.33. The molecule has 1 fully saturated rings. The molecule has 1 aromatic heterocycles. The van der Waals surface area contributed by atoms with Crippen LogP contribution in [0.15, 0.2) is 66.8 Å². The number of nitrogens with one attached hydrogen (secondary N) is 2. The molecule has 166 valence electrons. The highest BCUT2D eigenvalue weighted by atomic mass is 35.5. The summed E-state index contributed by atoms with van der Waals surface area (Å²) in [6.07, 6.45) is 4.38. The van der Waals surface area contributed by atoms with Gasteiger partial charge in [-0.05, 0) is 36.4 Å². The molecule has 33 heavy (non-hydrogen) atoms. The third-order valence-corrected chi connectivity index (χ3v) is 5.03. The van der Waals surface area contributed by atoms with E-state index in [9.17, 15) is 19.2 Å². The van der Waals surface area contributed by atoms with Gasteiger partial charge in [0.1, 0.15) is 12.2 Å². The second-order valence-electron chi connectivity index (χ2n) is 6.97. The molecule has 3 N–H and O–H groups in total. The highest BCUT2D eigenvalue weighted by Crippen LogP contribution is 2.21. The van der Waals surface area contributed by atoms with Crippen molar-refractivity contribution in [3.05, 3.63) is 83.0 Å². The van der Waals surface area contributed by atoms with E-state index in [4.69, 9.17) is 16.7 Å². The number of aromatic carboxylic acids is 1. The van der Waals surface area contributed by atoms with Crippen LogP contribution in [0.4, 0.5) is 10.5 Å². The van der Waals surface area contributed by atoms with Gasteiger partial charge in [0, 0.05) is 11.9 Å². The van der Waals surface area contributed by atoms with Gasteiger partial charge in [-0.2, -0.15) is 0 Å². The lowest BCUT2D eigenvalue weighted by Crippen LogP contribution is -2.38. The molecule has 0 saturated carbocycles. The number of nitrogens with zero attached hydrogens (tertiary/aromatic N) is 3. The lowest BCUT2D eigenvalue weighted by Gasteiger charge is -2.12. The number of amides is 4. The van der Waals surface area contributed by atoms with Gasteiger partial charge in [-0.3, -0.25) is 9.59 Å². The molecule has 0 atom stereocenters. The largest absolute Gasteiger partial charge is 0.478 e. The van der Waals surface area contributed by atoms with E-state index in [2.05, 4.69) is 15.6 Å². The van der Waals surface area contributed by atoms with Crippen molar-refractivity contribution in [2.24, 2.45) is 0 Å².